The lowest BCUT2D eigenvalue weighted by Crippen LogP contribution is -2.14. The van der Waals surface area contributed by atoms with Crippen molar-refractivity contribution in [1.29, 1.82) is 0 Å². The Kier molecular flexibility index (Phi) is 3.25. The van der Waals surface area contributed by atoms with Gasteiger partial charge in [-0.05, 0) is 46.5 Å². The summed E-state index contributed by atoms with van der Waals surface area (Å²) in [6, 6.07) is 28.5. The minimum absolute atomic E-state index is 0.0178. The zero-order valence-corrected chi connectivity index (χ0v) is 18.2. The van der Waals surface area contributed by atoms with Gasteiger partial charge in [-0.25, -0.2) is 4.98 Å². The van der Waals surface area contributed by atoms with Gasteiger partial charge in [0.15, 0.2) is 0 Å². The van der Waals surface area contributed by atoms with E-state index < -0.39 is 0 Å². The van der Waals surface area contributed by atoms with E-state index in [1.807, 2.05) is 6.07 Å². The summed E-state index contributed by atoms with van der Waals surface area (Å²) in [6.45, 7) is 4.66. The molecule has 2 nitrogen and oxygen atoms in total. The van der Waals surface area contributed by atoms with Gasteiger partial charge in [0, 0.05) is 32.8 Å². The molecular formula is C28H20N2S. The van der Waals surface area contributed by atoms with Crippen LogP contribution in [0.1, 0.15) is 25.0 Å². The van der Waals surface area contributed by atoms with E-state index in [4.69, 9.17) is 4.98 Å². The van der Waals surface area contributed by atoms with E-state index in [2.05, 4.69) is 91.6 Å². The van der Waals surface area contributed by atoms with E-state index in [0.29, 0.717) is 0 Å². The lowest BCUT2D eigenvalue weighted by atomic mass is 9.82. The van der Waals surface area contributed by atoms with Crippen LogP contribution >= 0.6 is 11.3 Å². The van der Waals surface area contributed by atoms with Crippen LogP contribution in [0.5, 0.6) is 0 Å². The lowest BCUT2D eigenvalue weighted by Gasteiger charge is -2.21. The summed E-state index contributed by atoms with van der Waals surface area (Å²) in [5.41, 5.74) is 10.2. The fraction of sp³-hybridized carbons (Fsp3) is 0.107. The van der Waals surface area contributed by atoms with Crippen molar-refractivity contribution in [3.63, 3.8) is 0 Å². The molecule has 7 rings (SSSR count). The summed E-state index contributed by atoms with van der Waals surface area (Å²) < 4.78 is 1.23. The van der Waals surface area contributed by atoms with Crippen LogP contribution in [-0.4, -0.2) is 9.97 Å². The first-order valence-corrected chi connectivity index (χ1v) is 11.5. The molecule has 2 aromatic heterocycles. The van der Waals surface area contributed by atoms with Crippen molar-refractivity contribution in [3.05, 3.63) is 90.0 Å². The Labute approximate surface area is 184 Å². The molecule has 0 fully saturated rings. The van der Waals surface area contributed by atoms with E-state index >= 15 is 0 Å². The van der Waals surface area contributed by atoms with Crippen LogP contribution in [-0.2, 0) is 5.41 Å². The maximum Gasteiger partial charge on any atom is 0.124 e. The van der Waals surface area contributed by atoms with Gasteiger partial charge >= 0.3 is 0 Å². The number of thiazole rings is 1. The highest BCUT2D eigenvalue weighted by Crippen LogP contribution is 2.50. The zero-order valence-electron chi connectivity index (χ0n) is 17.4. The van der Waals surface area contributed by atoms with Crippen LogP contribution in [0.4, 0.5) is 0 Å². The maximum atomic E-state index is 4.92. The van der Waals surface area contributed by atoms with E-state index in [1.54, 1.807) is 11.3 Å². The van der Waals surface area contributed by atoms with Crippen LogP contribution in [0.3, 0.4) is 0 Å². The first kappa shape index (κ1) is 17.3. The van der Waals surface area contributed by atoms with Crippen molar-refractivity contribution in [1.82, 2.24) is 9.97 Å². The molecule has 1 N–H and O–H groups in total. The molecule has 1 aliphatic carbocycles. The van der Waals surface area contributed by atoms with Crippen molar-refractivity contribution in [2.75, 3.05) is 0 Å². The number of fused-ring (bicyclic) bond motifs is 7. The van der Waals surface area contributed by atoms with Gasteiger partial charge in [0.05, 0.1) is 10.2 Å². The second kappa shape index (κ2) is 5.83. The van der Waals surface area contributed by atoms with Crippen molar-refractivity contribution in [2.45, 2.75) is 19.3 Å². The van der Waals surface area contributed by atoms with Crippen LogP contribution in [0.15, 0.2) is 78.9 Å². The fourth-order valence-electron chi connectivity index (χ4n) is 5.22. The predicted molar refractivity (Wildman–Crippen MR) is 132 cm³/mol. The third-order valence-corrected chi connectivity index (χ3v) is 7.90. The van der Waals surface area contributed by atoms with Crippen LogP contribution < -0.4 is 0 Å². The van der Waals surface area contributed by atoms with Crippen LogP contribution in [0.2, 0.25) is 0 Å². The number of hydrogen-bond donors (Lipinski definition) is 1. The van der Waals surface area contributed by atoms with Gasteiger partial charge in [-0.2, -0.15) is 0 Å². The molecule has 0 amide bonds. The number of nitrogens with one attached hydrogen (secondary N) is 1. The van der Waals surface area contributed by atoms with E-state index in [9.17, 15) is 0 Å². The SMILES string of the molecule is CC1(C)c2ccccc2-c2cc3c(cc21)[nH]c1cc2nc(-c4ccccc4)sc2cc13. The molecule has 1 aliphatic rings. The number of H-pyrrole nitrogens is 1. The molecule has 2 heterocycles. The molecule has 4 aromatic carbocycles. The summed E-state index contributed by atoms with van der Waals surface area (Å²) in [6.07, 6.45) is 0. The number of rotatable bonds is 1. The second-order valence-electron chi connectivity index (χ2n) is 8.99. The average molecular weight is 417 g/mol. The first-order chi connectivity index (χ1) is 15.1. The average Bonchev–Trinajstić information content (AvgIpc) is 3.43. The summed E-state index contributed by atoms with van der Waals surface area (Å²) in [4.78, 5) is 8.60. The number of aromatic amines is 1. The Bertz CT molecular complexity index is 1650. The van der Waals surface area contributed by atoms with Gasteiger partial charge in [-0.1, -0.05) is 68.4 Å². The molecule has 0 spiro atoms. The standard InChI is InChI=1S/C28H20N2S/c1-28(2)21-11-7-6-10-17(21)18-12-19-20-13-26-25(15-24(20)29-23(19)14-22(18)28)30-27(31-26)16-8-4-3-5-9-16/h3-15,29H,1-2H3. The highest BCUT2D eigenvalue weighted by molar-refractivity contribution is 7.21. The van der Waals surface area contributed by atoms with Gasteiger partial charge in [0.2, 0.25) is 0 Å². The molecule has 31 heavy (non-hydrogen) atoms. The van der Waals surface area contributed by atoms with E-state index in [1.165, 1.54) is 48.8 Å². The van der Waals surface area contributed by atoms with Gasteiger partial charge in [0.1, 0.15) is 5.01 Å². The lowest BCUT2D eigenvalue weighted by molar-refractivity contribution is 0.661. The minimum atomic E-state index is 0.0178. The van der Waals surface area contributed by atoms with Crippen LogP contribution in [0.25, 0.3) is 53.7 Å². The number of benzene rings is 4. The van der Waals surface area contributed by atoms with Gasteiger partial charge < -0.3 is 4.98 Å². The molecule has 148 valence electrons. The highest BCUT2D eigenvalue weighted by atomic mass is 32.1. The summed E-state index contributed by atoms with van der Waals surface area (Å²) in [5, 5.41) is 3.64. The molecule has 0 aliphatic heterocycles. The second-order valence-corrected chi connectivity index (χ2v) is 10.0. The summed E-state index contributed by atoms with van der Waals surface area (Å²) in [5.74, 6) is 0. The topological polar surface area (TPSA) is 28.7 Å². The number of aromatic nitrogens is 2. The fourth-order valence-corrected chi connectivity index (χ4v) is 6.22. The quantitative estimate of drug-likeness (QED) is 0.290. The Morgan fingerprint density at radius 1 is 0.742 bits per heavy atom. The Balaban J connectivity index is 1.49. The van der Waals surface area contributed by atoms with Gasteiger partial charge in [0.25, 0.3) is 0 Å². The monoisotopic (exact) mass is 416 g/mol. The molecule has 3 heteroatoms. The van der Waals surface area contributed by atoms with Crippen molar-refractivity contribution < 1.29 is 0 Å². The van der Waals surface area contributed by atoms with E-state index in [0.717, 1.165) is 16.0 Å². The minimum Gasteiger partial charge on any atom is -0.354 e. The van der Waals surface area contributed by atoms with Gasteiger partial charge in [-0.3, -0.25) is 0 Å². The summed E-state index contributed by atoms with van der Waals surface area (Å²) in [7, 11) is 0. The number of nitrogens with zero attached hydrogens (tertiary/aromatic N) is 1. The molecule has 0 saturated carbocycles. The molecule has 0 radical (unpaired) electrons. The van der Waals surface area contributed by atoms with Crippen molar-refractivity contribution in [2.24, 2.45) is 0 Å². The number of hydrogen-bond acceptors (Lipinski definition) is 2. The van der Waals surface area contributed by atoms with Crippen LogP contribution in [0, 0.1) is 0 Å². The molecular weight excluding hydrogens is 396 g/mol. The van der Waals surface area contributed by atoms with Crippen molar-refractivity contribution in [3.8, 4) is 21.7 Å². The smallest absolute Gasteiger partial charge is 0.124 e. The third kappa shape index (κ3) is 2.30. The largest absolute Gasteiger partial charge is 0.354 e. The third-order valence-electron chi connectivity index (χ3n) is 6.83. The molecule has 0 atom stereocenters. The maximum absolute atomic E-state index is 4.92. The first-order valence-electron chi connectivity index (χ1n) is 10.7. The van der Waals surface area contributed by atoms with Gasteiger partial charge in [-0.15, -0.1) is 11.3 Å². The Morgan fingerprint density at radius 2 is 1.48 bits per heavy atom. The highest BCUT2D eigenvalue weighted by Gasteiger charge is 2.35. The predicted octanol–water partition coefficient (Wildman–Crippen LogP) is 7.90. The van der Waals surface area contributed by atoms with E-state index in [-0.39, 0.29) is 5.41 Å². The summed E-state index contributed by atoms with van der Waals surface area (Å²) >= 11 is 1.77. The Hall–Kier alpha value is -3.43. The molecule has 0 bridgehead atoms. The molecule has 0 unspecified atom stereocenters. The molecule has 0 saturated heterocycles. The Morgan fingerprint density at radius 3 is 2.35 bits per heavy atom. The normalized spacial score (nSPS) is 14.4. The van der Waals surface area contributed by atoms with Crippen molar-refractivity contribution >= 4 is 43.4 Å². The molecule has 6 aromatic rings. The zero-order chi connectivity index (χ0) is 20.7.